The second kappa shape index (κ2) is 6.65. The summed E-state index contributed by atoms with van der Waals surface area (Å²) in [6.07, 6.45) is 0.842. The van der Waals surface area contributed by atoms with Crippen molar-refractivity contribution in [2.24, 2.45) is 0 Å². The molecule has 0 atom stereocenters. The lowest BCUT2D eigenvalue weighted by atomic mass is 10.1. The molecule has 0 saturated heterocycles. The lowest BCUT2D eigenvalue weighted by molar-refractivity contribution is -0.116. The minimum atomic E-state index is -0.182. The molecule has 2 rings (SSSR count). The van der Waals surface area contributed by atoms with Crippen LogP contribution in [0.4, 0.5) is 11.4 Å². The Morgan fingerprint density at radius 1 is 1.29 bits per heavy atom. The summed E-state index contributed by atoms with van der Waals surface area (Å²) in [6.45, 7) is 0. The van der Waals surface area contributed by atoms with Gasteiger partial charge in [-0.1, -0.05) is 18.2 Å². The van der Waals surface area contributed by atoms with Crippen LogP contribution < -0.4 is 15.8 Å². The number of amides is 1. The molecule has 2 aromatic rings. The summed E-state index contributed by atoms with van der Waals surface area (Å²) in [5.74, 6) is 0.322. The fourth-order valence-electron chi connectivity index (χ4n) is 1.97. The van der Waals surface area contributed by atoms with E-state index in [0.29, 0.717) is 30.0 Å². The van der Waals surface area contributed by atoms with Crippen LogP contribution in [-0.2, 0) is 11.2 Å². The maximum absolute atomic E-state index is 11.9. The van der Waals surface area contributed by atoms with E-state index in [1.54, 1.807) is 12.1 Å². The number of phenols is 1. The van der Waals surface area contributed by atoms with E-state index in [-0.39, 0.29) is 11.7 Å². The number of ether oxygens (including phenoxy) is 1. The van der Waals surface area contributed by atoms with Crippen molar-refractivity contribution < 1.29 is 14.6 Å². The summed E-state index contributed by atoms with van der Waals surface area (Å²) in [6, 6.07) is 12.2. The molecule has 0 aliphatic heterocycles. The van der Waals surface area contributed by atoms with Gasteiger partial charge in [0.25, 0.3) is 0 Å². The normalized spacial score (nSPS) is 10.1. The van der Waals surface area contributed by atoms with E-state index in [2.05, 4.69) is 5.32 Å². The molecule has 0 aromatic heterocycles. The summed E-state index contributed by atoms with van der Waals surface area (Å²) < 4.78 is 4.99. The van der Waals surface area contributed by atoms with Crippen LogP contribution in [0.5, 0.6) is 11.5 Å². The van der Waals surface area contributed by atoms with Gasteiger partial charge in [-0.05, 0) is 30.2 Å². The van der Waals surface area contributed by atoms with Crippen molar-refractivity contribution in [2.75, 3.05) is 18.2 Å². The lowest BCUT2D eigenvalue weighted by Gasteiger charge is -2.09. The fourth-order valence-corrected chi connectivity index (χ4v) is 1.97. The van der Waals surface area contributed by atoms with Gasteiger partial charge in [-0.3, -0.25) is 4.79 Å². The number of aryl methyl sites for hydroxylation is 1. The van der Waals surface area contributed by atoms with Crippen molar-refractivity contribution in [2.45, 2.75) is 12.8 Å². The zero-order valence-electron chi connectivity index (χ0n) is 11.8. The molecule has 0 saturated carbocycles. The lowest BCUT2D eigenvalue weighted by Crippen LogP contribution is -2.12. The molecule has 4 N–H and O–H groups in total. The third kappa shape index (κ3) is 3.89. The topological polar surface area (TPSA) is 84.6 Å². The molecular formula is C16H18N2O3. The monoisotopic (exact) mass is 286 g/mol. The van der Waals surface area contributed by atoms with Gasteiger partial charge in [-0.2, -0.15) is 0 Å². The molecule has 0 unspecified atom stereocenters. The van der Waals surface area contributed by atoms with Crippen molar-refractivity contribution in [3.63, 3.8) is 0 Å². The maximum atomic E-state index is 11.9. The number of nitrogens with two attached hydrogens (primary N) is 1. The molecule has 110 valence electrons. The predicted molar refractivity (Wildman–Crippen MR) is 82.5 cm³/mol. The number of aromatic hydroxyl groups is 1. The van der Waals surface area contributed by atoms with Gasteiger partial charge in [0.15, 0.2) is 0 Å². The summed E-state index contributed by atoms with van der Waals surface area (Å²) in [4.78, 5) is 11.9. The Labute approximate surface area is 123 Å². The molecule has 2 aromatic carbocycles. The van der Waals surface area contributed by atoms with Crippen molar-refractivity contribution in [1.82, 2.24) is 0 Å². The number of benzene rings is 2. The highest BCUT2D eigenvalue weighted by atomic mass is 16.5. The van der Waals surface area contributed by atoms with Crippen molar-refractivity contribution in [3.8, 4) is 11.5 Å². The number of rotatable bonds is 5. The number of nitrogens with one attached hydrogen (secondary N) is 1. The molecular weight excluding hydrogens is 268 g/mol. The van der Waals surface area contributed by atoms with Crippen molar-refractivity contribution in [3.05, 3.63) is 48.0 Å². The second-order valence-electron chi connectivity index (χ2n) is 4.63. The van der Waals surface area contributed by atoms with Gasteiger partial charge in [0.05, 0.1) is 12.8 Å². The van der Waals surface area contributed by atoms with Gasteiger partial charge in [0.2, 0.25) is 5.91 Å². The highest BCUT2D eigenvalue weighted by molar-refractivity contribution is 5.92. The van der Waals surface area contributed by atoms with Crippen molar-refractivity contribution >= 4 is 17.3 Å². The van der Waals surface area contributed by atoms with E-state index in [1.807, 2.05) is 24.3 Å². The Balaban J connectivity index is 1.95. The van der Waals surface area contributed by atoms with Gasteiger partial charge in [-0.15, -0.1) is 0 Å². The van der Waals surface area contributed by atoms with E-state index < -0.39 is 0 Å². The number of nitrogen functional groups attached to an aromatic ring is 1. The number of para-hydroxylation sites is 1. The van der Waals surface area contributed by atoms with E-state index in [1.165, 1.54) is 13.2 Å². The van der Waals surface area contributed by atoms with Gasteiger partial charge >= 0.3 is 0 Å². The number of carbonyl (C=O) groups is 1. The average Bonchev–Trinajstić information content (AvgIpc) is 2.48. The molecule has 0 heterocycles. The summed E-state index contributed by atoms with van der Waals surface area (Å²) in [5.41, 5.74) is 7.81. The molecule has 0 aliphatic carbocycles. The molecule has 0 spiro atoms. The Morgan fingerprint density at radius 2 is 2.05 bits per heavy atom. The van der Waals surface area contributed by atoms with Gasteiger partial charge in [-0.25, -0.2) is 0 Å². The zero-order valence-corrected chi connectivity index (χ0v) is 11.8. The van der Waals surface area contributed by atoms with Gasteiger partial charge in [0.1, 0.15) is 11.5 Å². The quantitative estimate of drug-likeness (QED) is 0.582. The number of methoxy groups -OCH3 is 1. The summed E-state index contributed by atoms with van der Waals surface area (Å²) in [7, 11) is 1.51. The summed E-state index contributed by atoms with van der Waals surface area (Å²) in [5, 5.41) is 12.5. The van der Waals surface area contributed by atoms with Crippen LogP contribution in [-0.4, -0.2) is 18.1 Å². The van der Waals surface area contributed by atoms with E-state index in [4.69, 9.17) is 10.5 Å². The number of hydrogen-bond acceptors (Lipinski definition) is 4. The van der Waals surface area contributed by atoms with E-state index in [9.17, 15) is 9.90 Å². The first kappa shape index (κ1) is 14.7. The first-order valence-corrected chi connectivity index (χ1v) is 6.60. The van der Waals surface area contributed by atoms with Gasteiger partial charge < -0.3 is 20.9 Å². The molecule has 21 heavy (non-hydrogen) atoms. The van der Waals surface area contributed by atoms with Crippen LogP contribution >= 0.6 is 0 Å². The van der Waals surface area contributed by atoms with E-state index >= 15 is 0 Å². The SMILES string of the molecule is COc1ccc(NC(=O)CCc2ccccc2N)c(O)c1. The second-order valence-corrected chi connectivity index (χ2v) is 4.63. The number of hydrogen-bond donors (Lipinski definition) is 3. The fraction of sp³-hybridized carbons (Fsp3) is 0.188. The molecule has 0 radical (unpaired) electrons. The number of phenolic OH excluding ortho intramolecular Hbond substituents is 1. The standard InChI is InChI=1S/C16H18N2O3/c1-21-12-7-8-14(15(19)10-12)18-16(20)9-6-11-4-2-3-5-13(11)17/h2-5,7-8,10,19H,6,9,17H2,1H3,(H,18,20). The highest BCUT2D eigenvalue weighted by Crippen LogP contribution is 2.28. The number of carbonyl (C=O) groups excluding carboxylic acids is 1. The molecule has 5 nitrogen and oxygen atoms in total. The minimum absolute atomic E-state index is 0.0260. The first-order valence-electron chi connectivity index (χ1n) is 6.60. The molecule has 0 bridgehead atoms. The van der Waals surface area contributed by atoms with Crippen LogP contribution in [0.25, 0.3) is 0 Å². The number of anilines is 2. The van der Waals surface area contributed by atoms with Crippen LogP contribution in [0.15, 0.2) is 42.5 Å². The predicted octanol–water partition coefficient (Wildman–Crippen LogP) is 2.55. The Bertz CT molecular complexity index is 641. The molecule has 1 amide bonds. The maximum Gasteiger partial charge on any atom is 0.224 e. The van der Waals surface area contributed by atoms with Crippen LogP contribution in [0, 0.1) is 0 Å². The van der Waals surface area contributed by atoms with Crippen LogP contribution in [0.2, 0.25) is 0 Å². The third-order valence-corrected chi connectivity index (χ3v) is 3.16. The zero-order chi connectivity index (χ0) is 15.2. The average molecular weight is 286 g/mol. The highest BCUT2D eigenvalue weighted by Gasteiger charge is 2.08. The van der Waals surface area contributed by atoms with Gasteiger partial charge in [0, 0.05) is 18.2 Å². The Morgan fingerprint density at radius 3 is 2.71 bits per heavy atom. The smallest absolute Gasteiger partial charge is 0.224 e. The van der Waals surface area contributed by atoms with E-state index in [0.717, 1.165) is 5.56 Å². The van der Waals surface area contributed by atoms with Crippen LogP contribution in [0.3, 0.4) is 0 Å². The first-order chi connectivity index (χ1) is 10.1. The molecule has 0 aliphatic rings. The Kier molecular flexibility index (Phi) is 4.66. The van der Waals surface area contributed by atoms with Crippen LogP contribution in [0.1, 0.15) is 12.0 Å². The summed E-state index contributed by atoms with van der Waals surface area (Å²) >= 11 is 0. The minimum Gasteiger partial charge on any atom is -0.506 e. The third-order valence-electron chi connectivity index (χ3n) is 3.16. The van der Waals surface area contributed by atoms with Crippen molar-refractivity contribution in [1.29, 1.82) is 0 Å². The molecule has 5 heteroatoms. The molecule has 0 fully saturated rings. The largest absolute Gasteiger partial charge is 0.506 e. The Hall–Kier alpha value is -2.69.